The molecule has 3 aromatic rings. The number of rotatable bonds is 6. The van der Waals surface area contributed by atoms with Gasteiger partial charge in [-0.3, -0.25) is 4.98 Å². The lowest BCUT2D eigenvalue weighted by Crippen LogP contribution is -2.21. The predicted molar refractivity (Wildman–Crippen MR) is 107 cm³/mol. The molecule has 7 heteroatoms. The number of carboxylic acids is 1. The molecule has 1 unspecified atom stereocenters. The van der Waals surface area contributed by atoms with E-state index in [0.717, 1.165) is 27.7 Å². The van der Waals surface area contributed by atoms with E-state index >= 15 is 0 Å². The maximum atomic E-state index is 11.4. The standard InChI is InChI=1S/C21H19N3O3S/c25-21(26)17-6-9-22-13-18(17)24-12-14-7-10-27-19-11-15(4-5-16(14)19)28-20-3-1-2-8-23-20/h1-6,8-9,11,13-14,24H,7,10,12H2,(H,25,26). The molecule has 0 spiro atoms. The van der Waals surface area contributed by atoms with Gasteiger partial charge in [0.15, 0.2) is 0 Å². The summed E-state index contributed by atoms with van der Waals surface area (Å²) in [5.74, 6) is 0.150. The molecule has 2 N–H and O–H groups in total. The minimum Gasteiger partial charge on any atom is -0.493 e. The van der Waals surface area contributed by atoms with Crippen LogP contribution in [-0.2, 0) is 0 Å². The zero-order valence-corrected chi connectivity index (χ0v) is 15.9. The van der Waals surface area contributed by atoms with Crippen molar-refractivity contribution in [2.75, 3.05) is 18.5 Å². The summed E-state index contributed by atoms with van der Waals surface area (Å²) in [7, 11) is 0. The number of aromatic carboxylic acids is 1. The zero-order valence-electron chi connectivity index (χ0n) is 15.0. The van der Waals surface area contributed by atoms with Gasteiger partial charge in [0.1, 0.15) is 10.8 Å². The molecule has 1 aromatic carbocycles. The van der Waals surface area contributed by atoms with E-state index in [4.69, 9.17) is 4.74 Å². The number of benzene rings is 1. The Kier molecular flexibility index (Phi) is 5.43. The molecule has 2 aromatic heterocycles. The molecule has 142 valence electrons. The molecule has 1 aliphatic heterocycles. The van der Waals surface area contributed by atoms with Crippen LogP contribution in [0.15, 0.2) is 71.0 Å². The first kappa shape index (κ1) is 18.3. The number of nitrogens with one attached hydrogen (secondary N) is 1. The van der Waals surface area contributed by atoms with E-state index in [1.54, 1.807) is 24.2 Å². The Balaban J connectivity index is 1.49. The number of carboxylic acid groups (broad SMARTS) is 1. The molecule has 0 amide bonds. The number of nitrogens with zero attached hydrogens (tertiary/aromatic N) is 2. The van der Waals surface area contributed by atoms with Crippen molar-refractivity contribution in [1.29, 1.82) is 0 Å². The Hall–Kier alpha value is -3.06. The second kappa shape index (κ2) is 8.31. The molecule has 6 nitrogen and oxygen atoms in total. The monoisotopic (exact) mass is 393 g/mol. The van der Waals surface area contributed by atoms with Gasteiger partial charge in [-0.15, -0.1) is 0 Å². The molecular weight excluding hydrogens is 374 g/mol. The van der Waals surface area contributed by atoms with Gasteiger partial charge in [0, 0.05) is 29.8 Å². The lowest BCUT2D eigenvalue weighted by Gasteiger charge is -2.27. The average Bonchev–Trinajstić information content (AvgIpc) is 2.73. The molecule has 1 atom stereocenters. The van der Waals surface area contributed by atoms with E-state index in [2.05, 4.69) is 27.4 Å². The molecule has 0 saturated heterocycles. The van der Waals surface area contributed by atoms with Crippen LogP contribution in [0.4, 0.5) is 5.69 Å². The molecular formula is C21H19N3O3S. The third kappa shape index (κ3) is 4.09. The van der Waals surface area contributed by atoms with Gasteiger partial charge >= 0.3 is 5.97 Å². The predicted octanol–water partition coefficient (Wildman–Crippen LogP) is 4.30. The third-order valence-electron chi connectivity index (χ3n) is 4.60. The van der Waals surface area contributed by atoms with Gasteiger partial charge in [-0.25, -0.2) is 9.78 Å². The summed E-state index contributed by atoms with van der Waals surface area (Å²) >= 11 is 1.60. The fourth-order valence-corrected chi connectivity index (χ4v) is 4.01. The average molecular weight is 393 g/mol. The first-order valence-electron chi connectivity index (χ1n) is 8.97. The van der Waals surface area contributed by atoms with Crippen LogP contribution in [0.5, 0.6) is 5.75 Å². The fourth-order valence-electron chi connectivity index (χ4n) is 3.20. The number of aromatic nitrogens is 2. The van der Waals surface area contributed by atoms with Crippen molar-refractivity contribution in [3.63, 3.8) is 0 Å². The zero-order chi connectivity index (χ0) is 19.3. The Labute approximate surface area is 167 Å². The highest BCUT2D eigenvalue weighted by molar-refractivity contribution is 7.99. The second-order valence-corrected chi connectivity index (χ2v) is 7.50. The summed E-state index contributed by atoms with van der Waals surface area (Å²) in [4.78, 5) is 20.8. The molecule has 4 rings (SSSR count). The molecule has 28 heavy (non-hydrogen) atoms. The summed E-state index contributed by atoms with van der Waals surface area (Å²) < 4.78 is 5.88. The normalized spacial score (nSPS) is 15.4. The minimum absolute atomic E-state index is 0.226. The lowest BCUT2D eigenvalue weighted by molar-refractivity contribution is 0.0697. The molecule has 0 bridgehead atoms. The summed E-state index contributed by atoms with van der Waals surface area (Å²) in [6.07, 6.45) is 5.69. The van der Waals surface area contributed by atoms with Gasteiger partial charge in [-0.2, -0.15) is 0 Å². The maximum absolute atomic E-state index is 11.4. The quantitative estimate of drug-likeness (QED) is 0.646. The number of carbonyl (C=O) groups is 1. The Morgan fingerprint density at radius 2 is 2.18 bits per heavy atom. The van der Waals surface area contributed by atoms with E-state index in [1.165, 1.54) is 12.3 Å². The van der Waals surface area contributed by atoms with Crippen LogP contribution >= 0.6 is 11.8 Å². The summed E-state index contributed by atoms with van der Waals surface area (Å²) in [5, 5.41) is 13.5. The number of hydrogen-bond donors (Lipinski definition) is 2. The van der Waals surface area contributed by atoms with E-state index in [9.17, 15) is 9.90 Å². The number of pyridine rings is 2. The molecule has 0 radical (unpaired) electrons. The van der Waals surface area contributed by atoms with E-state index in [1.807, 2.05) is 24.3 Å². The number of fused-ring (bicyclic) bond motifs is 1. The van der Waals surface area contributed by atoms with Crippen molar-refractivity contribution in [2.45, 2.75) is 22.3 Å². The van der Waals surface area contributed by atoms with Crippen molar-refractivity contribution >= 4 is 23.4 Å². The van der Waals surface area contributed by atoms with Gasteiger partial charge in [0.05, 0.1) is 24.1 Å². The third-order valence-corrected chi connectivity index (χ3v) is 5.54. The van der Waals surface area contributed by atoms with Crippen LogP contribution in [0.25, 0.3) is 0 Å². The second-order valence-electron chi connectivity index (χ2n) is 6.41. The molecule has 0 fully saturated rings. The Morgan fingerprint density at radius 3 is 3.00 bits per heavy atom. The SMILES string of the molecule is O=C(O)c1ccncc1NCC1CCOc2cc(Sc3ccccn3)ccc21. The van der Waals surface area contributed by atoms with Crippen LogP contribution < -0.4 is 10.1 Å². The highest BCUT2D eigenvalue weighted by Crippen LogP contribution is 2.38. The van der Waals surface area contributed by atoms with Gasteiger partial charge in [0.25, 0.3) is 0 Å². The summed E-state index contributed by atoms with van der Waals surface area (Å²) in [6.45, 7) is 1.25. The molecule has 0 aliphatic carbocycles. The van der Waals surface area contributed by atoms with Crippen molar-refractivity contribution in [3.05, 3.63) is 72.2 Å². The minimum atomic E-state index is -0.964. The number of anilines is 1. The van der Waals surface area contributed by atoms with Crippen molar-refractivity contribution in [1.82, 2.24) is 9.97 Å². The highest BCUT2D eigenvalue weighted by atomic mass is 32.2. The van der Waals surface area contributed by atoms with E-state index in [0.29, 0.717) is 18.8 Å². The van der Waals surface area contributed by atoms with Gasteiger partial charge in [0.2, 0.25) is 0 Å². The summed E-state index contributed by atoms with van der Waals surface area (Å²) in [5.41, 5.74) is 1.89. The molecule has 3 heterocycles. The number of ether oxygens (including phenoxy) is 1. The van der Waals surface area contributed by atoms with Gasteiger partial charge in [-0.1, -0.05) is 23.9 Å². The molecule has 0 saturated carbocycles. The van der Waals surface area contributed by atoms with Crippen LogP contribution in [0, 0.1) is 0 Å². The van der Waals surface area contributed by atoms with Crippen LogP contribution in [0.2, 0.25) is 0 Å². The summed E-state index contributed by atoms with van der Waals surface area (Å²) in [6, 6.07) is 13.6. The first-order chi connectivity index (χ1) is 13.7. The van der Waals surface area contributed by atoms with Gasteiger partial charge in [-0.05, 0) is 42.3 Å². The largest absolute Gasteiger partial charge is 0.493 e. The van der Waals surface area contributed by atoms with Crippen LogP contribution in [0.1, 0.15) is 28.3 Å². The fraction of sp³-hybridized carbons (Fsp3) is 0.190. The molecule has 1 aliphatic rings. The smallest absolute Gasteiger partial charge is 0.337 e. The Bertz CT molecular complexity index is 982. The van der Waals surface area contributed by atoms with Crippen molar-refractivity contribution < 1.29 is 14.6 Å². The topological polar surface area (TPSA) is 84.3 Å². The van der Waals surface area contributed by atoms with Crippen LogP contribution in [0.3, 0.4) is 0 Å². The van der Waals surface area contributed by atoms with Crippen molar-refractivity contribution in [3.8, 4) is 5.75 Å². The Morgan fingerprint density at radius 1 is 1.25 bits per heavy atom. The van der Waals surface area contributed by atoms with Gasteiger partial charge < -0.3 is 15.2 Å². The van der Waals surface area contributed by atoms with Crippen LogP contribution in [-0.4, -0.2) is 34.2 Å². The van der Waals surface area contributed by atoms with E-state index < -0.39 is 5.97 Å². The maximum Gasteiger partial charge on any atom is 0.337 e. The lowest BCUT2D eigenvalue weighted by atomic mass is 9.93. The number of hydrogen-bond acceptors (Lipinski definition) is 6. The van der Waals surface area contributed by atoms with Crippen molar-refractivity contribution in [2.24, 2.45) is 0 Å². The van der Waals surface area contributed by atoms with E-state index in [-0.39, 0.29) is 11.5 Å². The highest BCUT2D eigenvalue weighted by Gasteiger charge is 2.22. The first-order valence-corrected chi connectivity index (χ1v) is 9.79.